The lowest BCUT2D eigenvalue weighted by Crippen LogP contribution is -2.78. The number of benzene rings is 1. The van der Waals surface area contributed by atoms with Crippen molar-refractivity contribution in [2.45, 2.75) is 51.6 Å². The molecular weight excluding hydrogens is 361 g/mol. The number of nitrogens with two attached hydrogens (primary N) is 3. The van der Waals surface area contributed by atoms with Crippen molar-refractivity contribution in [3.8, 4) is 5.75 Å². The molecule has 3 rings (SSSR count). The van der Waals surface area contributed by atoms with Crippen LogP contribution in [0.4, 0.5) is 10.1 Å². The van der Waals surface area contributed by atoms with Crippen molar-refractivity contribution in [3.05, 3.63) is 24.0 Å². The minimum Gasteiger partial charge on any atom is -0.494 e. The first-order valence-electron chi connectivity index (χ1n) is 10.1. The molecule has 2 saturated heterocycles. The van der Waals surface area contributed by atoms with Gasteiger partial charge in [-0.1, -0.05) is 13.8 Å². The van der Waals surface area contributed by atoms with Gasteiger partial charge in [-0.15, -0.1) is 0 Å². The molecular formula is C19H34FN7O. The first-order valence-corrected chi connectivity index (χ1v) is 10.1. The van der Waals surface area contributed by atoms with Gasteiger partial charge in [0.15, 0.2) is 11.6 Å². The first kappa shape index (κ1) is 21.2. The smallest absolute Gasteiger partial charge is 0.167 e. The Kier molecular flexibility index (Phi) is 6.74. The molecule has 4 atom stereocenters. The molecule has 6 N–H and O–H groups in total. The molecule has 0 aliphatic carbocycles. The Morgan fingerprint density at radius 3 is 2.39 bits per heavy atom. The lowest BCUT2D eigenvalue weighted by Gasteiger charge is -2.55. The van der Waals surface area contributed by atoms with Crippen LogP contribution in [0.1, 0.15) is 26.7 Å². The third kappa shape index (κ3) is 3.83. The molecule has 0 aromatic heterocycles. The highest BCUT2D eigenvalue weighted by Crippen LogP contribution is 2.30. The molecule has 0 saturated carbocycles. The fraction of sp³-hybridized carbons (Fsp3) is 0.684. The monoisotopic (exact) mass is 395 g/mol. The minimum atomic E-state index is -0.556. The highest BCUT2D eigenvalue weighted by molar-refractivity contribution is 5.51. The van der Waals surface area contributed by atoms with E-state index < -0.39 is 24.7 Å². The molecule has 28 heavy (non-hydrogen) atoms. The Morgan fingerprint density at radius 2 is 1.79 bits per heavy atom. The number of hydrogen-bond acceptors (Lipinski definition) is 8. The number of halogens is 1. The third-order valence-electron chi connectivity index (χ3n) is 6.05. The number of hydrogen-bond donors (Lipinski definition) is 3. The average Bonchev–Trinajstić information content (AvgIpc) is 3.13. The van der Waals surface area contributed by atoms with Crippen LogP contribution in [0.15, 0.2) is 18.2 Å². The first-order chi connectivity index (χ1) is 13.4. The Balaban J connectivity index is 1.90. The van der Waals surface area contributed by atoms with Gasteiger partial charge in [0.1, 0.15) is 18.9 Å². The molecule has 1 aromatic rings. The minimum absolute atomic E-state index is 0.188. The van der Waals surface area contributed by atoms with Gasteiger partial charge < -0.3 is 15.4 Å². The predicted molar refractivity (Wildman–Crippen MR) is 109 cm³/mol. The third-order valence-corrected chi connectivity index (χ3v) is 6.05. The molecule has 2 aliphatic heterocycles. The number of nitrogens with zero attached hydrogens (tertiary/aromatic N) is 4. The maximum Gasteiger partial charge on any atom is 0.167 e. The summed E-state index contributed by atoms with van der Waals surface area (Å²) in [5, 5.41) is 0. The van der Waals surface area contributed by atoms with Gasteiger partial charge in [0.2, 0.25) is 0 Å². The van der Waals surface area contributed by atoms with Crippen LogP contribution >= 0.6 is 0 Å². The number of likely N-dealkylation sites (tertiary alicyclic amines) is 1. The van der Waals surface area contributed by atoms with Crippen molar-refractivity contribution >= 4 is 5.69 Å². The van der Waals surface area contributed by atoms with E-state index in [1.165, 1.54) is 19.6 Å². The summed E-state index contributed by atoms with van der Waals surface area (Å²) >= 11 is 0. The number of anilines is 1. The number of likely N-dealkylation sites (N-methyl/N-ethyl adjacent to an activating group) is 1. The zero-order chi connectivity index (χ0) is 20.4. The van der Waals surface area contributed by atoms with E-state index in [4.69, 9.17) is 21.9 Å². The van der Waals surface area contributed by atoms with E-state index in [0.29, 0.717) is 18.3 Å². The summed E-state index contributed by atoms with van der Waals surface area (Å²) in [5.41, 5.74) is 20.3. The van der Waals surface area contributed by atoms with Gasteiger partial charge in [0.05, 0.1) is 7.11 Å². The standard InChI is InChI=1S/C19H34FN7O/c1-4-24-10-6-7-14(24)12-26-17(21)25(5-2)18(22)27(19(26)23)13-8-9-16(28-3)15(20)11-13/h8-9,11,14,17-19H,4-7,10,12,21-23H2,1-3H3. The van der Waals surface area contributed by atoms with Gasteiger partial charge >= 0.3 is 0 Å². The van der Waals surface area contributed by atoms with Crippen LogP contribution in [-0.4, -0.2) is 72.9 Å². The van der Waals surface area contributed by atoms with Crippen LogP contribution in [0.3, 0.4) is 0 Å². The summed E-state index contributed by atoms with van der Waals surface area (Å²) in [5.74, 6) is -0.259. The normalized spacial score (nSPS) is 30.2. The predicted octanol–water partition coefficient (Wildman–Crippen LogP) is 0.489. The zero-order valence-corrected chi connectivity index (χ0v) is 17.1. The summed E-state index contributed by atoms with van der Waals surface area (Å²) in [6, 6.07) is 5.19. The van der Waals surface area contributed by atoms with E-state index in [1.54, 1.807) is 12.1 Å². The van der Waals surface area contributed by atoms with Crippen LogP contribution in [-0.2, 0) is 0 Å². The summed E-state index contributed by atoms with van der Waals surface area (Å²) in [6.45, 7) is 7.69. The van der Waals surface area contributed by atoms with Gasteiger partial charge in [-0.2, -0.15) is 0 Å². The molecule has 0 amide bonds. The SMILES string of the molecule is CCN1CCCC1CN1C(N)N(CC)C(N)N(c2ccc(OC)c(F)c2)C1N. The maximum atomic E-state index is 14.3. The lowest BCUT2D eigenvalue weighted by molar-refractivity contribution is -0.0651. The van der Waals surface area contributed by atoms with Gasteiger partial charge in [0.25, 0.3) is 0 Å². The van der Waals surface area contributed by atoms with Crippen LogP contribution in [0.2, 0.25) is 0 Å². The lowest BCUT2D eigenvalue weighted by atomic mass is 10.2. The molecule has 4 unspecified atom stereocenters. The average molecular weight is 396 g/mol. The van der Waals surface area contributed by atoms with Gasteiger partial charge in [-0.05, 0) is 38.1 Å². The second kappa shape index (κ2) is 8.89. The zero-order valence-electron chi connectivity index (χ0n) is 17.1. The number of methoxy groups -OCH3 is 1. The maximum absolute atomic E-state index is 14.3. The molecule has 8 nitrogen and oxygen atoms in total. The van der Waals surface area contributed by atoms with E-state index in [-0.39, 0.29) is 5.75 Å². The fourth-order valence-electron chi connectivity index (χ4n) is 4.45. The molecule has 158 valence electrons. The summed E-state index contributed by atoms with van der Waals surface area (Å²) in [4.78, 5) is 8.31. The van der Waals surface area contributed by atoms with Crippen molar-refractivity contribution in [3.63, 3.8) is 0 Å². The summed E-state index contributed by atoms with van der Waals surface area (Å²) in [7, 11) is 1.44. The Labute approximate surface area is 167 Å². The topological polar surface area (TPSA) is 100 Å². The Bertz CT molecular complexity index is 663. The van der Waals surface area contributed by atoms with Crippen LogP contribution < -0.4 is 26.8 Å². The second-order valence-corrected chi connectivity index (χ2v) is 7.42. The molecule has 9 heteroatoms. The van der Waals surface area contributed by atoms with Crippen molar-refractivity contribution in [2.24, 2.45) is 17.2 Å². The summed E-state index contributed by atoms with van der Waals surface area (Å²) < 4.78 is 19.4. The summed E-state index contributed by atoms with van der Waals surface area (Å²) in [6.07, 6.45) is 0.804. The Morgan fingerprint density at radius 1 is 1.07 bits per heavy atom. The second-order valence-electron chi connectivity index (χ2n) is 7.42. The van der Waals surface area contributed by atoms with Gasteiger partial charge in [-0.3, -0.25) is 16.4 Å². The van der Waals surface area contributed by atoms with Crippen LogP contribution in [0.5, 0.6) is 5.75 Å². The van der Waals surface area contributed by atoms with E-state index in [2.05, 4.69) is 16.7 Å². The highest BCUT2D eigenvalue weighted by atomic mass is 19.1. The van der Waals surface area contributed by atoms with Crippen molar-refractivity contribution in [1.82, 2.24) is 14.7 Å². The molecule has 1 aromatic carbocycles. The molecule has 2 fully saturated rings. The molecule has 0 spiro atoms. The van der Waals surface area contributed by atoms with E-state index in [0.717, 1.165) is 26.1 Å². The van der Waals surface area contributed by atoms with Crippen molar-refractivity contribution < 1.29 is 9.13 Å². The fourth-order valence-corrected chi connectivity index (χ4v) is 4.45. The van der Waals surface area contributed by atoms with E-state index in [9.17, 15) is 4.39 Å². The molecule has 0 radical (unpaired) electrons. The highest BCUT2D eigenvalue weighted by Gasteiger charge is 2.43. The van der Waals surface area contributed by atoms with Crippen molar-refractivity contribution in [1.29, 1.82) is 0 Å². The quantitative estimate of drug-likeness (QED) is 0.640. The number of ether oxygens (including phenoxy) is 1. The van der Waals surface area contributed by atoms with E-state index >= 15 is 0 Å². The largest absolute Gasteiger partial charge is 0.494 e. The van der Waals surface area contributed by atoms with Crippen molar-refractivity contribution in [2.75, 3.05) is 38.2 Å². The van der Waals surface area contributed by atoms with E-state index in [1.807, 2.05) is 16.7 Å². The van der Waals surface area contributed by atoms with Crippen LogP contribution in [0.25, 0.3) is 0 Å². The molecule has 2 heterocycles. The van der Waals surface area contributed by atoms with Gasteiger partial charge in [-0.25, -0.2) is 14.2 Å². The molecule has 2 aliphatic rings. The van der Waals surface area contributed by atoms with Gasteiger partial charge in [0, 0.05) is 30.9 Å². The van der Waals surface area contributed by atoms with Crippen LogP contribution in [0, 0.1) is 5.82 Å². The number of rotatable bonds is 6. The Hall–Kier alpha value is -1.49. The molecule has 0 bridgehead atoms.